The van der Waals surface area contributed by atoms with Crippen LogP contribution in [0.3, 0.4) is 0 Å². The molecule has 4 heteroatoms. The van der Waals surface area contributed by atoms with Gasteiger partial charge >= 0.3 is 0 Å². The van der Waals surface area contributed by atoms with E-state index in [-0.39, 0.29) is 11.0 Å². The Labute approximate surface area is 130 Å². The molecule has 0 amide bonds. The maximum absolute atomic E-state index is 4.50. The van der Waals surface area contributed by atoms with E-state index in [4.69, 9.17) is 0 Å². The van der Waals surface area contributed by atoms with Crippen molar-refractivity contribution in [3.05, 3.63) is 12.2 Å². The van der Waals surface area contributed by atoms with Crippen molar-refractivity contribution in [3.8, 4) is 0 Å². The van der Waals surface area contributed by atoms with Gasteiger partial charge in [-0.15, -0.1) is 0 Å². The monoisotopic (exact) mass is 294 g/mol. The molecule has 4 nitrogen and oxygen atoms in total. The van der Waals surface area contributed by atoms with Gasteiger partial charge in [-0.25, -0.2) is 4.98 Å². The van der Waals surface area contributed by atoms with Crippen LogP contribution >= 0.6 is 0 Å². The fourth-order valence-corrected chi connectivity index (χ4v) is 2.70. The van der Waals surface area contributed by atoms with E-state index >= 15 is 0 Å². The molecule has 0 saturated carbocycles. The first-order chi connectivity index (χ1) is 9.86. The number of nitrogens with one attached hydrogen (secondary N) is 1. The fourth-order valence-electron chi connectivity index (χ4n) is 2.70. The highest BCUT2D eigenvalue weighted by Crippen LogP contribution is 2.32. The molecule has 1 unspecified atom stereocenters. The lowest BCUT2D eigenvalue weighted by molar-refractivity contribution is 0.200. The van der Waals surface area contributed by atoms with Gasteiger partial charge in [-0.1, -0.05) is 26.7 Å². The van der Waals surface area contributed by atoms with E-state index in [0.717, 1.165) is 25.3 Å². The van der Waals surface area contributed by atoms with E-state index in [1.54, 1.807) is 6.33 Å². The minimum Gasteiger partial charge on any atom is -0.312 e. The molecule has 0 aromatic carbocycles. The zero-order valence-corrected chi connectivity index (χ0v) is 14.9. The number of aryl methyl sites for hydroxylation is 1. The zero-order chi connectivity index (χ0) is 15.9. The second-order valence-electron chi connectivity index (χ2n) is 7.23. The number of rotatable bonds is 9. The molecule has 0 bridgehead atoms. The third-order valence-electron chi connectivity index (χ3n) is 4.33. The number of nitrogens with zero attached hydrogens (tertiary/aromatic N) is 3. The van der Waals surface area contributed by atoms with Gasteiger partial charge in [0.15, 0.2) is 0 Å². The van der Waals surface area contributed by atoms with Crippen molar-refractivity contribution in [2.45, 2.75) is 85.7 Å². The van der Waals surface area contributed by atoms with Gasteiger partial charge in [-0.05, 0) is 46.0 Å². The van der Waals surface area contributed by atoms with Crippen molar-refractivity contribution in [1.82, 2.24) is 20.1 Å². The van der Waals surface area contributed by atoms with Crippen LogP contribution in [-0.2, 0) is 13.0 Å². The SMILES string of the molecule is CCCCC(CC)(CNC(C)(C)C)Cc1ncnn1CC. The van der Waals surface area contributed by atoms with Crippen molar-refractivity contribution < 1.29 is 0 Å². The topological polar surface area (TPSA) is 42.7 Å². The van der Waals surface area contributed by atoms with Gasteiger partial charge in [-0.3, -0.25) is 4.68 Å². The Morgan fingerprint density at radius 2 is 1.90 bits per heavy atom. The van der Waals surface area contributed by atoms with E-state index in [0.29, 0.717) is 0 Å². The first-order valence-electron chi connectivity index (χ1n) is 8.47. The third-order valence-corrected chi connectivity index (χ3v) is 4.33. The third kappa shape index (κ3) is 5.77. The van der Waals surface area contributed by atoms with Gasteiger partial charge in [0.05, 0.1) is 0 Å². The van der Waals surface area contributed by atoms with E-state index in [9.17, 15) is 0 Å². The Morgan fingerprint density at radius 1 is 1.19 bits per heavy atom. The molecule has 0 radical (unpaired) electrons. The summed E-state index contributed by atoms with van der Waals surface area (Å²) in [5.41, 5.74) is 0.439. The number of aromatic nitrogens is 3. The molecular weight excluding hydrogens is 260 g/mol. The minimum absolute atomic E-state index is 0.158. The van der Waals surface area contributed by atoms with Crippen molar-refractivity contribution in [1.29, 1.82) is 0 Å². The van der Waals surface area contributed by atoms with Crippen LogP contribution in [0, 0.1) is 5.41 Å². The molecule has 0 aliphatic heterocycles. The molecular formula is C17H34N4. The number of unbranched alkanes of at least 4 members (excludes halogenated alkanes) is 1. The highest BCUT2D eigenvalue weighted by Gasteiger charge is 2.31. The highest BCUT2D eigenvalue weighted by molar-refractivity contribution is 4.96. The quantitative estimate of drug-likeness (QED) is 0.753. The molecule has 1 heterocycles. The summed E-state index contributed by atoms with van der Waals surface area (Å²) in [7, 11) is 0. The van der Waals surface area contributed by atoms with Crippen LogP contribution in [0.5, 0.6) is 0 Å². The van der Waals surface area contributed by atoms with Crippen LogP contribution in [0.2, 0.25) is 0 Å². The zero-order valence-electron chi connectivity index (χ0n) is 14.9. The lowest BCUT2D eigenvalue weighted by Gasteiger charge is -2.36. The Bertz CT molecular complexity index is 405. The van der Waals surface area contributed by atoms with E-state index in [1.807, 2.05) is 4.68 Å². The molecule has 0 spiro atoms. The largest absolute Gasteiger partial charge is 0.312 e. The lowest BCUT2D eigenvalue weighted by atomic mass is 9.76. The van der Waals surface area contributed by atoms with Gasteiger partial charge in [0.1, 0.15) is 12.2 Å². The maximum Gasteiger partial charge on any atom is 0.138 e. The molecule has 0 saturated heterocycles. The highest BCUT2D eigenvalue weighted by atomic mass is 15.3. The number of hydrogen-bond acceptors (Lipinski definition) is 3. The molecule has 1 atom stereocenters. The molecule has 1 aromatic heterocycles. The molecule has 1 aromatic rings. The van der Waals surface area contributed by atoms with Crippen LogP contribution in [0.4, 0.5) is 0 Å². The van der Waals surface area contributed by atoms with Crippen molar-refractivity contribution in [2.75, 3.05) is 6.54 Å². The van der Waals surface area contributed by atoms with Gasteiger partial charge in [-0.2, -0.15) is 5.10 Å². The van der Waals surface area contributed by atoms with E-state index in [2.05, 4.69) is 56.9 Å². The molecule has 1 N–H and O–H groups in total. The Morgan fingerprint density at radius 3 is 2.43 bits per heavy atom. The molecule has 0 fully saturated rings. The van der Waals surface area contributed by atoms with E-state index < -0.39 is 0 Å². The van der Waals surface area contributed by atoms with Gasteiger partial charge in [0.2, 0.25) is 0 Å². The Hall–Kier alpha value is -0.900. The summed E-state index contributed by atoms with van der Waals surface area (Å²) >= 11 is 0. The maximum atomic E-state index is 4.50. The van der Waals surface area contributed by atoms with E-state index in [1.165, 1.54) is 25.7 Å². The minimum atomic E-state index is 0.158. The standard InChI is InChI=1S/C17H34N4/c1-7-10-11-17(8-2,13-19-16(4,5)6)12-15-18-14-20-21(15)9-3/h14,19H,7-13H2,1-6H3. The molecule has 0 aliphatic carbocycles. The van der Waals surface area contributed by atoms with Gasteiger partial charge in [0.25, 0.3) is 0 Å². The van der Waals surface area contributed by atoms with Gasteiger partial charge < -0.3 is 5.32 Å². The summed E-state index contributed by atoms with van der Waals surface area (Å²) in [5, 5.41) is 8.04. The summed E-state index contributed by atoms with van der Waals surface area (Å²) < 4.78 is 2.04. The first-order valence-corrected chi connectivity index (χ1v) is 8.47. The summed E-state index contributed by atoms with van der Waals surface area (Å²) in [6, 6.07) is 0. The van der Waals surface area contributed by atoms with Crippen LogP contribution in [0.1, 0.15) is 73.1 Å². The predicted molar refractivity (Wildman–Crippen MR) is 89.4 cm³/mol. The van der Waals surface area contributed by atoms with Gasteiger partial charge in [0, 0.05) is 25.0 Å². The first kappa shape index (κ1) is 18.1. The second kappa shape index (κ2) is 7.92. The molecule has 122 valence electrons. The molecule has 1 rings (SSSR count). The predicted octanol–water partition coefficient (Wildman–Crippen LogP) is 3.82. The number of hydrogen-bond donors (Lipinski definition) is 1. The average molecular weight is 294 g/mol. The average Bonchev–Trinajstić information content (AvgIpc) is 2.88. The Balaban J connectivity index is 2.88. The fraction of sp³-hybridized carbons (Fsp3) is 0.882. The molecule has 21 heavy (non-hydrogen) atoms. The molecule has 0 aliphatic rings. The van der Waals surface area contributed by atoms with Crippen LogP contribution < -0.4 is 5.32 Å². The summed E-state index contributed by atoms with van der Waals surface area (Å²) in [4.78, 5) is 4.50. The smallest absolute Gasteiger partial charge is 0.138 e. The van der Waals surface area contributed by atoms with Crippen LogP contribution in [-0.4, -0.2) is 26.8 Å². The van der Waals surface area contributed by atoms with Crippen molar-refractivity contribution in [3.63, 3.8) is 0 Å². The Kier molecular flexibility index (Phi) is 6.85. The van der Waals surface area contributed by atoms with Crippen molar-refractivity contribution in [2.24, 2.45) is 5.41 Å². The van der Waals surface area contributed by atoms with Crippen molar-refractivity contribution >= 4 is 0 Å². The summed E-state index contributed by atoms with van der Waals surface area (Å²) in [6.07, 6.45) is 7.65. The van der Waals surface area contributed by atoms with Crippen LogP contribution in [0.25, 0.3) is 0 Å². The normalized spacial score (nSPS) is 15.1. The van der Waals surface area contributed by atoms with Crippen LogP contribution in [0.15, 0.2) is 6.33 Å². The lowest BCUT2D eigenvalue weighted by Crippen LogP contribution is -2.45. The summed E-state index contributed by atoms with van der Waals surface area (Å²) in [5.74, 6) is 1.13. The second-order valence-corrected chi connectivity index (χ2v) is 7.23. The summed E-state index contributed by atoms with van der Waals surface area (Å²) in [6.45, 7) is 15.4.